The fourth-order valence-corrected chi connectivity index (χ4v) is 2.59. The molecule has 1 heterocycles. The highest BCUT2D eigenvalue weighted by Crippen LogP contribution is 2.30. The molecule has 0 saturated carbocycles. The van der Waals surface area contributed by atoms with Crippen LogP contribution < -0.4 is 10.5 Å². The molecule has 0 spiro atoms. The normalized spacial score (nSPS) is 14.9. The Hall–Kier alpha value is -1.84. The van der Waals surface area contributed by atoms with Crippen LogP contribution in [-0.2, 0) is 18.0 Å². The molecule has 3 heteroatoms. The van der Waals surface area contributed by atoms with E-state index < -0.39 is 0 Å². The molecule has 2 aromatic carbocycles. The van der Waals surface area contributed by atoms with Gasteiger partial charge >= 0.3 is 0 Å². The van der Waals surface area contributed by atoms with Crippen molar-refractivity contribution in [1.29, 1.82) is 0 Å². The third kappa shape index (κ3) is 2.42. The van der Waals surface area contributed by atoms with Crippen LogP contribution >= 0.6 is 0 Å². The molecule has 3 rings (SSSR count). The van der Waals surface area contributed by atoms with E-state index in [0.29, 0.717) is 19.8 Å². The molecule has 3 nitrogen and oxygen atoms in total. The minimum absolute atomic E-state index is 0.177. The van der Waals surface area contributed by atoms with Gasteiger partial charge in [-0.15, -0.1) is 0 Å². The molecule has 0 radical (unpaired) electrons. The van der Waals surface area contributed by atoms with Crippen molar-refractivity contribution in [2.24, 2.45) is 5.73 Å². The van der Waals surface area contributed by atoms with Crippen LogP contribution in [0.1, 0.15) is 35.2 Å². The summed E-state index contributed by atoms with van der Waals surface area (Å²) in [6.07, 6.45) is 0. The molecular weight excluding hydrogens is 250 g/mol. The summed E-state index contributed by atoms with van der Waals surface area (Å²) in [4.78, 5) is 0. The molecule has 20 heavy (non-hydrogen) atoms. The van der Waals surface area contributed by atoms with E-state index in [0.717, 1.165) is 16.9 Å². The number of benzene rings is 2. The zero-order valence-corrected chi connectivity index (χ0v) is 11.6. The zero-order valence-electron chi connectivity index (χ0n) is 11.6. The fraction of sp³-hybridized carbons (Fsp3) is 0.294. The van der Waals surface area contributed by atoms with Crippen molar-refractivity contribution in [2.45, 2.75) is 26.2 Å². The molecule has 0 saturated heterocycles. The minimum atomic E-state index is -0.177. The largest absolute Gasteiger partial charge is 0.494 e. The van der Waals surface area contributed by atoms with Crippen LogP contribution in [-0.4, -0.2) is 6.61 Å². The van der Waals surface area contributed by atoms with Crippen molar-refractivity contribution >= 4 is 0 Å². The molecule has 0 fully saturated rings. The summed E-state index contributed by atoms with van der Waals surface area (Å²) >= 11 is 0. The number of fused-ring (bicyclic) bond motifs is 1. The number of ether oxygens (including phenoxy) is 2. The molecule has 1 aliphatic rings. The summed E-state index contributed by atoms with van der Waals surface area (Å²) in [7, 11) is 0. The van der Waals surface area contributed by atoms with E-state index in [1.54, 1.807) is 0 Å². The highest BCUT2D eigenvalue weighted by atomic mass is 16.5. The summed E-state index contributed by atoms with van der Waals surface area (Å²) in [5.74, 6) is 0.860. The van der Waals surface area contributed by atoms with E-state index in [9.17, 15) is 0 Å². The first-order valence-electron chi connectivity index (χ1n) is 6.96. The molecule has 0 bridgehead atoms. The van der Waals surface area contributed by atoms with Crippen LogP contribution in [0.2, 0.25) is 0 Å². The number of nitrogens with two attached hydrogens (primary N) is 1. The summed E-state index contributed by atoms with van der Waals surface area (Å²) < 4.78 is 11.1. The van der Waals surface area contributed by atoms with Gasteiger partial charge in [0.15, 0.2) is 0 Å². The summed E-state index contributed by atoms with van der Waals surface area (Å²) in [6.45, 7) is 4.01. The topological polar surface area (TPSA) is 44.5 Å². The van der Waals surface area contributed by atoms with E-state index in [-0.39, 0.29) is 6.04 Å². The van der Waals surface area contributed by atoms with E-state index in [2.05, 4.69) is 18.2 Å². The maximum atomic E-state index is 6.42. The Kier molecular flexibility index (Phi) is 3.72. The Bertz CT molecular complexity index is 610. The van der Waals surface area contributed by atoms with Crippen LogP contribution in [0.15, 0.2) is 42.5 Å². The average Bonchev–Trinajstić information content (AvgIpc) is 2.95. The second-order valence-corrected chi connectivity index (χ2v) is 4.97. The lowest BCUT2D eigenvalue weighted by atomic mass is 9.96. The maximum Gasteiger partial charge on any atom is 0.124 e. The number of hydrogen-bond donors (Lipinski definition) is 1. The lowest BCUT2D eigenvalue weighted by molar-refractivity contribution is 0.134. The lowest BCUT2D eigenvalue weighted by Gasteiger charge is -2.17. The van der Waals surface area contributed by atoms with Gasteiger partial charge in [0.1, 0.15) is 5.75 Å². The van der Waals surface area contributed by atoms with Gasteiger partial charge in [-0.3, -0.25) is 0 Å². The van der Waals surface area contributed by atoms with Gasteiger partial charge in [-0.05, 0) is 29.7 Å². The van der Waals surface area contributed by atoms with E-state index in [1.165, 1.54) is 11.1 Å². The minimum Gasteiger partial charge on any atom is -0.494 e. The standard InChI is InChI=1S/C17H19NO2/c1-2-20-16-6-4-3-5-15(16)17(18)12-7-8-13-10-19-11-14(13)9-12/h3-9,17H,2,10-11,18H2,1H3. The van der Waals surface area contributed by atoms with Crippen molar-refractivity contribution in [1.82, 2.24) is 0 Å². The molecule has 0 aliphatic carbocycles. The second kappa shape index (κ2) is 5.65. The quantitative estimate of drug-likeness (QED) is 0.927. The van der Waals surface area contributed by atoms with Gasteiger partial charge in [0.2, 0.25) is 0 Å². The smallest absolute Gasteiger partial charge is 0.124 e. The third-order valence-corrected chi connectivity index (χ3v) is 3.66. The van der Waals surface area contributed by atoms with Gasteiger partial charge in [0.05, 0.1) is 25.9 Å². The first-order valence-corrected chi connectivity index (χ1v) is 6.96. The second-order valence-electron chi connectivity index (χ2n) is 4.97. The van der Waals surface area contributed by atoms with Gasteiger partial charge in [-0.25, -0.2) is 0 Å². The van der Waals surface area contributed by atoms with E-state index >= 15 is 0 Å². The first kappa shape index (κ1) is 13.2. The molecule has 2 N–H and O–H groups in total. The maximum absolute atomic E-state index is 6.42. The van der Waals surface area contributed by atoms with E-state index in [1.807, 2.05) is 31.2 Å². The third-order valence-electron chi connectivity index (χ3n) is 3.66. The van der Waals surface area contributed by atoms with Crippen LogP contribution in [0, 0.1) is 0 Å². The van der Waals surface area contributed by atoms with Crippen molar-refractivity contribution in [3.63, 3.8) is 0 Å². The van der Waals surface area contributed by atoms with Gasteiger partial charge < -0.3 is 15.2 Å². The highest BCUT2D eigenvalue weighted by molar-refractivity contribution is 5.43. The predicted octanol–water partition coefficient (Wildman–Crippen LogP) is 3.16. The molecule has 0 amide bonds. The number of para-hydroxylation sites is 1. The van der Waals surface area contributed by atoms with Gasteiger partial charge in [0.25, 0.3) is 0 Å². The van der Waals surface area contributed by atoms with Crippen LogP contribution in [0.5, 0.6) is 5.75 Å². The Balaban J connectivity index is 1.94. The summed E-state index contributed by atoms with van der Waals surface area (Å²) in [5, 5.41) is 0. The Morgan fingerprint density at radius 2 is 1.95 bits per heavy atom. The molecular formula is C17H19NO2. The van der Waals surface area contributed by atoms with Gasteiger partial charge in [-0.1, -0.05) is 36.4 Å². The molecule has 1 aliphatic heterocycles. The predicted molar refractivity (Wildman–Crippen MR) is 78.6 cm³/mol. The molecule has 2 aromatic rings. The van der Waals surface area contributed by atoms with Crippen molar-refractivity contribution < 1.29 is 9.47 Å². The number of rotatable bonds is 4. The van der Waals surface area contributed by atoms with Crippen molar-refractivity contribution in [3.8, 4) is 5.75 Å². The fourth-order valence-electron chi connectivity index (χ4n) is 2.59. The Morgan fingerprint density at radius 1 is 1.15 bits per heavy atom. The molecule has 1 atom stereocenters. The SMILES string of the molecule is CCOc1ccccc1C(N)c1ccc2c(c1)COC2. The highest BCUT2D eigenvalue weighted by Gasteiger charge is 2.17. The number of hydrogen-bond acceptors (Lipinski definition) is 3. The van der Waals surface area contributed by atoms with Crippen LogP contribution in [0.3, 0.4) is 0 Å². The van der Waals surface area contributed by atoms with E-state index in [4.69, 9.17) is 15.2 Å². The van der Waals surface area contributed by atoms with Crippen molar-refractivity contribution in [2.75, 3.05) is 6.61 Å². The molecule has 1 unspecified atom stereocenters. The lowest BCUT2D eigenvalue weighted by Crippen LogP contribution is -2.14. The monoisotopic (exact) mass is 269 g/mol. The zero-order chi connectivity index (χ0) is 13.9. The van der Waals surface area contributed by atoms with Gasteiger partial charge in [-0.2, -0.15) is 0 Å². The molecule has 0 aromatic heterocycles. The Labute approximate surface area is 119 Å². The summed E-state index contributed by atoms with van der Waals surface area (Å²) in [6, 6.07) is 14.1. The average molecular weight is 269 g/mol. The van der Waals surface area contributed by atoms with Crippen molar-refractivity contribution in [3.05, 3.63) is 64.7 Å². The van der Waals surface area contributed by atoms with Gasteiger partial charge in [0, 0.05) is 5.56 Å². The first-order chi connectivity index (χ1) is 9.79. The Morgan fingerprint density at radius 3 is 2.80 bits per heavy atom. The molecule has 104 valence electrons. The summed E-state index contributed by atoms with van der Waals surface area (Å²) in [5.41, 5.74) is 11.0. The van der Waals surface area contributed by atoms with Crippen LogP contribution in [0.4, 0.5) is 0 Å². The van der Waals surface area contributed by atoms with Crippen LogP contribution in [0.25, 0.3) is 0 Å².